The zero-order chi connectivity index (χ0) is 17.8. The van der Waals surface area contributed by atoms with Gasteiger partial charge in [-0.15, -0.1) is 0 Å². The number of thiocarbonyl (C=S) groups is 1. The van der Waals surface area contributed by atoms with Gasteiger partial charge >= 0.3 is 0 Å². The number of amides is 1. The molecule has 2 aromatic rings. The van der Waals surface area contributed by atoms with Crippen LogP contribution < -0.4 is 9.47 Å². The van der Waals surface area contributed by atoms with Crippen LogP contribution in [0.5, 0.6) is 17.2 Å². The lowest BCUT2D eigenvalue weighted by Crippen LogP contribution is -2.27. The Bertz CT molecular complexity index is 831. The Balaban J connectivity index is 1.78. The minimum absolute atomic E-state index is 0.0426. The monoisotopic (exact) mass is 371 g/mol. The Morgan fingerprint density at radius 1 is 1.12 bits per heavy atom. The van der Waals surface area contributed by atoms with E-state index >= 15 is 0 Å². The summed E-state index contributed by atoms with van der Waals surface area (Å²) in [5.74, 6) is 2.15. The molecule has 1 saturated heterocycles. The van der Waals surface area contributed by atoms with E-state index in [4.69, 9.17) is 21.7 Å². The molecule has 0 N–H and O–H groups in total. The summed E-state index contributed by atoms with van der Waals surface area (Å²) in [5.41, 5.74) is 0.891. The summed E-state index contributed by atoms with van der Waals surface area (Å²) in [6, 6.07) is 15.0. The van der Waals surface area contributed by atoms with E-state index in [-0.39, 0.29) is 5.91 Å². The Hall–Kier alpha value is -2.31. The fraction of sp³-hybridized carbons (Fsp3) is 0.158. The van der Waals surface area contributed by atoms with Gasteiger partial charge in [0.15, 0.2) is 0 Å². The van der Waals surface area contributed by atoms with Crippen molar-refractivity contribution in [2.45, 2.75) is 6.92 Å². The topological polar surface area (TPSA) is 38.8 Å². The first-order valence-electron chi connectivity index (χ1n) is 7.78. The van der Waals surface area contributed by atoms with Gasteiger partial charge in [-0.2, -0.15) is 0 Å². The highest BCUT2D eigenvalue weighted by molar-refractivity contribution is 8.26. The van der Waals surface area contributed by atoms with Crippen molar-refractivity contribution in [3.8, 4) is 17.2 Å². The molecule has 25 heavy (non-hydrogen) atoms. The number of carbonyl (C=O) groups is 1. The molecule has 3 rings (SSSR count). The highest BCUT2D eigenvalue weighted by atomic mass is 32.2. The zero-order valence-electron chi connectivity index (χ0n) is 13.9. The molecule has 1 aliphatic rings. The lowest BCUT2D eigenvalue weighted by molar-refractivity contribution is -0.121. The molecule has 1 heterocycles. The number of rotatable bonds is 5. The second-order valence-corrected chi connectivity index (χ2v) is 6.95. The number of hydrogen-bond acceptors (Lipinski definition) is 5. The molecule has 0 bridgehead atoms. The van der Waals surface area contributed by atoms with Crippen LogP contribution in [0.15, 0.2) is 53.4 Å². The molecule has 1 amide bonds. The van der Waals surface area contributed by atoms with Crippen molar-refractivity contribution < 1.29 is 14.3 Å². The molecular formula is C19H17NO3S2. The van der Waals surface area contributed by atoms with Gasteiger partial charge in [-0.1, -0.05) is 36.1 Å². The minimum atomic E-state index is -0.0426. The number of thioether (sulfide) groups is 1. The van der Waals surface area contributed by atoms with Crippen molar-refractivity contribution in [1.82, 2.24) is 4.90 Å². The van der Waals surface area contributed by atoms with Gasteiger partial charge in [-0.05, 0) is 55.0 Å². The molecule has 4 nitrogen and oxygen atoms in total. The molecule has 0 aliphatic carbocycles. The third kappa shape index (κ3) is 4.03. The average molecular weight is 371 g/mol. The van der Waals surface area contributed by atoms with Crippen molar-refractivity contribution in [3.05, 3.63) is 59.0 Å². The van der Waals surface area contributed by atoms with Gasteiger partial charge in [0, 0.05) is 6.54 Å². The van der Waals surface area contributed by atoms with E-state index in [1.54, 1.807) is 12.0 Å². The third-order valence-corrected chi connectivity index (χ3v) is 5.02. The van der Waals surface area contributed by atoms with Gasteiger partial charge in [0.25, 0.3) is 5.91 Å². The highest BCUT2D eigenvalue weighted by Crippen LogP contribution is 2.33. The molecule has 0 atom stereocenters. The lowest BCUT2D eigenvalue weighted by Gasteiger charge is -2.09. The molecule has 0 aromatic heterocycles. The number of methoxy groups -OCH3 is 1. The molecule has 0 spiro atoms. The summed E-state index contributed by atoms with van der Waals surface area (Å²) in [6.45, 7) is 2.50. The van der Waals surface area contributed by atoms with Gasteiger partial charge in [-0.3, -0.25) is 9.69 Å². The maximum absolute atomic E-state index is 12.3. The summed E-state index contributed by atoms with van der Waals surface area (Å²) < 4.78 is 11.6. The van der Waals surface area contributed by atoms with Crippen LogP contribution in [-0.2, 0) is 4.79 Å². The molecule has 1 fully saturated rings. The summed E-state index contributed by atoms with van der Waals surface area (Å²) in [4.78, 5) is 14.5. The van der Waals surface area contributed by atoms with Crippen LogP contribution in [0.4, 0.5) is 0 Å². The van der Waals surface area contributed by atoms with E-state index in [0.29, 0.717) is 21.5 Å². The van der Waals surface area contributed by atoms with E-state index < -0.39 is 0 Å². The number of nitrogens with zero attached hydrogens (tertiary/aromatic N) is 1. The number of ether oxygens (including phenoxy) is 2. The van der Waals surface area contributed by atoms with Gasteiger partial charge in [0.05, 0.1) is 12.0 Å². The molecular weight excluding hydrogens is 354 g/mol. The summed E-state index contributed by atoms with van der Waals surface area (Å²) in [7, 11) is 1.63. The van der Waals surface area contributed by atoms with E-state index in [9.17, 15) is 4.79 Å². The van der Waals surface area contributed by atoms with Crippen LogP contribution in [0, 0.1) is 0 Å². The Labute approximate surface area is 156 Å². The lowest BCUT2D eigenvalue weighted by atomic mass is 10.2. The molecule has 0 saturated carbocycles. The molecule has 0 unspecified atom stereocenters. The normalized spacial score (nSPS) is 15.8. The molecule has 0 radical (unpaired) electrons. The summed E-state index contributed by atoms with van der Waals surface area (Å²) >= 11 is 6.56. The first kappa shape index (κ1) is 17.5. The van der Waals surface area contributed by atoms with Crippen LogP contribution >= 0.6 is 24.0 Å². The smallest absolute Gasteiger partial charge is 0.266 e. The predicted molar refractivity (Wildman–Crippen MR) is 105 cm³/mol. The van der Waals surface area contributed by atoms with Crippen molar-refractivity contribution >= 4 is 40.3 Å². The average Bonchev–Trinajstić information content (AvgIpc) is 2.89. The van der Waals surface area contributed by atoms with Crippen LogP contribution in [0.25, 0.3) is 6.08 Å². The van der Waals surface area contributed by atoms with Gasteiger partial charge in [-0.25, -0.2) is 0 Å². The van der Waals surface area contributed by atoms with Crippen LogP contribution in [0.2, 0.25) is 0 Å². The van der Waals surface area contributed by atoms with E-state index in [2.05, 4.69) is 0 Å². The van der Waals surface area contributed by atoms with Crippen LogP contribution in [-0.4, -0.2) is 28.8 Å². The highest BCUT2D eigenvalue weighted by Gasteiger charge is 2.30. The number of hydrogen-bond donors (Lipinski definition) is 0. The Morgan fingerprint density at radius 3 is 2.48 bits per heavy atom. The van der Waals surface area contributed by atoms with Gasteiger partial charge < -0.3 is 9.47 Å². The standard InChI is InChI=1S/C19H17NO3S2/c1-3-20-18(21)17(25-19(20)24)12-13-5-4-6-16(11-13)23-15-9-7-14(22-2)8-10-15/h4-12H,3H2,1-2H3. The minimum Gasteiger partial charge on any atom is -0.497 e. The molecule has 1 aliphatic heterocycles. The predicted octanol–water partition coefficient (Wildman–Crippen LogP) is 4.71. The fourth-order valence-corrected chi connectivity index (χ4v) is 3.76. The molecule has 6 heteroatoms. The van der Waals surface area contributed by atoms with Crippen LogP contribution in [0.3, 0.4) is 0 Å². The Kier molecular flexibility index (Phi) is 5.40. The second kappa shape index (κ2) is 7.72. The van der Waals surface area contributed by atoms with E-state index in [1.165, 1.54) is 11.8 Å². The second-order valence-electron chi connectivity index (χ2n) is 5.28. The van der Waals surface area contributed by atoms with Crippen molar-refractivity contribution in [2.24, 2.45) is 0 Å². The largest absolute Gasteiger partial charge is 0.497 e. The summed E-state index contributed by atoms with van der Waals surface area (Å²) in [6.07, 6.45) is 1.84. The number of likely N-dealkylation sites (N-methyl/N-ethyl adjacent to an activating group) is 1. The van der Waals surface area contributed by atoms with E-state index in [0.717, 1.165) is 17.1 Å². The van der Waals surface area contributed by atoms with Crippen LogP contribution in [0.1, 0.15) is 12.5 Å². The van der Waals surface area contributed by atoms with Gasteiger partial charge in [0.1, 0.15) is 21.6 Å². The fourth-order valence-electron chi connectivity index (χ4n) is 2.37. The van der Waals surface area contributed by atoms with Crippen molar-refractivity contribution in [3.63, 3.8) is 0 Å². The maximum atomic E-state index is 12.3. The number of carbonyl (C=O) groups excluding carboxylic acids is 1. The SMILES string of the molecule is CCN1C(=O)C(=Cc2cccc(Oc3ccc(OC)cc3)c2)SC1=S. The first-order chi connectivity index (χ1) is 12.1. The zero-order valence-corrected chi connectivity index (χ0v) is 15.5. The van der Waals surface area contributed by atoms with Gasteiger partial charge in [0.2, 0.25) is 0 Å². The first-order valence-corrected chi connectivity index (χ1v) is 9.00. The molecule has 2 aromatic carbocycles. The van der Waals surface area contributed by atoms with Crippen molar-refractivity contribution in [2.75, 3.05) is 13.7 Å². The molecule has 128 valence electrons. The Morgan fingerprint density at radius 2 is 1.84 bits per heavy atom. The quantitative estimate of drug-likeness (QED) is 0.562. The van der Waals surface area contributed by atoms with Crippen molar-refractivity contribution in [1.29, 1.82) is 0 Å². The number of benzene rings is 2. The summed E-state index contributed by atoms with van der Waals surface area (Å²) in [5, 5.41) is 0. The maximum Gasteiger partial charge on any atom is 0.266 e. The third-order valence-electron chi connectivity index (χ3n) is 3.64. The van der Waals surface area contributed by atoms with E-state index in [1.807, 2.05) is 61.5 Å².